The molecular formula is C30H30N4O5S. The highest BCUT2D eigenvalue weighted by Crippen LogP contribution is 2.28. The molecule has 0 bridgehead atoms. The predicted molar refractivity (Wildman–Crippen MR) is 154 cm³/mol. The highest BCUT2D eigenvalue weighted by molar-refractivity contribution is 7.89. The number of hydrogen-bond donors (Lipinski definition) is 3. The second kappa shape index (κ2) is 11.8. The number of aryl methyl sites for hydroxylation is 1. The van der Waals surface area contributed by atoms with Crippen LogP contribution in [0.2, 0.25) is 0 Å². The zero-order chi connectivity index (χ0) is 28.1. The van der Waals surface area contributed by atoms with Gasteiger partial charge in [0.25, 0.3) is 5.91 Å². The number of fused-ring (bicyclic) bond motifs is 2. The maximum Gasteiger partial charge on any atom is 0.326 e. The van der Waals surface area contributed by atoms with Crippen molar-refractivity contribution in [1.82, 2.24) is 15.0 Å². The van der Waals surface area contributed by atoms with Gasteiger partial charge in [-0.25, -0.2) is 13.4 Å². The van der Waals surface area contributed by atoms with Crippen molar-refractivity contribution in [2.45, 2.75) is 30.7 Å². The van der Waals surface area contributed by atoms with Crippen LogP contribution >= 0.6 is 0 Å². The van der Waals surface area contributed by atoms with Crippen LogP contribution in [0, 0.1) is 0 Å². The van der Waals surface area contributed by atoms with Gasteiger partial charge in [0.1, 0.15) is 11.9 Å². The molecule has 10 heteroatoms. The first-order valence-electron chi connectivity index (χ1n) is 13.1. The number of aromatic nitrogens is 1. The van der Waals surface area contributed by atoms with Crippen molar-refractivity contribution < 1.29 is 22.7 Å². The molecule has 1 aromatic heterocycles. The molecule has 1 aliphatic rings. The van der Waals surface area contributed by atoms with Gasteiger partial charge in [0.15, 0.2) is 0 Å². The third kappa shape index (κ3) is 6.13. The first-order valence-corrected chi connectivity index (χ1v) is 14.6. The molecule has 40 heavy (non-hydrogen) atoms. The van der Waals surface area contributed by atoms with E-state index in [9.17, 15) is 18.0 Å². The van der Waals surface area contributed by atoms with E-state index in [0.29, 0.717) is 5.56 Å². The summed E-state index contributed by atoms with van der Waals surface area (Å²) in [4.78, 5) is 30.3. The average molecular weight is 559 g/mol. The van der Waals surface area contributed by atoms with Crippen LogP contribution in [0.15, 0.2) is 83.8 Å². The third-order valence-electron chi connectivity index (χ3n) is 6.68. The van der Waals surface area contributed by atoms with Crippen molar-refractivity contribution in [3.63, 3.8) is 0 Å². The second-order valence-electron chi connectivity index (χ2n) is 9.46. The summed E-state index contributed by atoms with van der Waals surface area (Å²) in [5.74, 6) is -0.288. The minimum atomic E-state index is -4.01. The van der Waals surface area contributed by atoms with Crippen LogP contribution in [0.25, 0.3) is 22.0 Å². The molecule has 0 saturated carbocycles. The monoisotopic (exact) mass is 558 g/mol. The second-order valence-corrected chi connectivity index (χ2v) is 11.2. The number of anilines is 1. The summed E-state index contributed by atoms with van der Waals surface area (Å²) >= 11 is 0. The molecule has 3 N–H and O–H groups in total. The first-order chi connectivity index (χ1) is 19.3. The maximum atomic E-state index is 13.0. The van der Waals surface area contributed by atoms with Gasteiger partial charge in [-0.05, 0) is 72.5 Å². The Hall–Kier alpha value is -4.28. The van der Waals surface area contributed by atoms with Crippen molar-refractivity contribution in [3.05, 3.63) is 90.0 Å². The zero-order valence-corrected chi connectivity index (χ0v) is 22.8. The zero-order valence-electron chi connectivity index (χ0n) is 22.0. The molecule has 0 saturated heterocycles. The van der Waals surface area contributed by atoms with Crippen LogP contribution in [-0.2, 0) is 26.0 Å². The summed E-state index contributed by atoms with van der Waals surface area (Å²) < 4.78 is 32.9. The molecule has 4 aromatic rings. The molecule has 2 heterocycles. The maximum absolute atomic E-state index is 13.0. The number of nitrogens with one attached hydrogen (secondary N) is 3. The lowest BCUT2D eigenvalue weighted by atomic mass is 10.0. The molecular weight excluding hydrogens is 528 g/mol. The van der Waals surface area contributed by atoms with Crippen LogP contribution < -0.4 is 15.4 Å². The lowest BCUT2D eigenvalue weighted by Gasteiger charge is -2.18. The highest BCUT2D eigenvalue weighted by atomic mass is 32.2. The van der Waals surface area contributed by atoms with E-state index in [1.54, 1.807) is 37.3 Å². The Kier molecular flexibility index (Phi) is 8.09. The molecule has 1 amide bonds. The van der Waals surface area contributed by atoms with Gasteiger partial charge in [0, 0.05) is 24.2 Å². The lowest BCUT2D eigenvalue weighted by molar-refractivity contribution is -0.144. The summed E-state index contributed by atoms with van der Waals surface area (Å²) in [5.41, 5.74) is 3.46. The number of amides is 1. The Morgan fingerprint density at radius 3 is 2.58 bits per heavy atom. The number of nitrogens with zero attached hydrogens (tertiary/aromatic N) is 1. The van der Waals surface area contributed by atoms with E-state index < -0.39 is 27.9 Å². The summed E-state index contributed by atoms with van der Waals surface area (Å²) in [6.07, 6.45) is 2.13. The van der Waals surface area contributed by atoms with Crippen molar-refractivity contribution >= 4 is 38.5 Å². The van der Waals surface area contributed by atoms with E-state index in [1.165, 1.54) is 17.7 Å². The van der Waals surface area contributed by atoms with E-state index in [-0.39, 0.29) is 18.0 Å². The van der Waals surface area contributed by atoms with Gasteiger partial charge >= 0.3 is 5.97 Å². The number of sulfonamides is 1. The summed E-state index contributed by atoms with van der Waals surface area (Å²) in [6, 6.07) is 21.8. The molecule has 0 fully saturated rings. The third-order valence-corrected chi connectivity index (χ3v) is 8.17. The standard InChI is InChI=1S/C30H30N4O5S/c1-2-39-30(36)27(34-40(37,38)25-8-4-3-5-9-25)19-32-29(35)24-13-11-21-17-23(12-10-22(21)18-24)26-15-14-20-7-6-16-31-28(20)33-26/h3-5,8-15,17-18,27,34H,2,6-7,16,19H2,1H3,(H,31,33)(H,32,35). The quantitative estimate of drug-likeness (QED) is 0.266. The Morgan fingerprint density at radius 1 is 1.00 bits per heavy atom. The summed E-state index contributed by atoms with van der Waals surface area (Å²) in [7, 11) is -4.01. The van der Waals surface area contributed by atoms with E-state index in [4.69, 9.17) is 9.72 Å². The Bertz CT molecular complexity index is 1660. The molecule has 1 atom stereocenters. The van der Waals surface area contributed by atoms with E-state index >= 15 is 0 Å². The molecule has 1 unspecified atom stereocenters. The fraction of sp³-hybridized carbons (Fsp3) is 0.233. The van der Waals surface area contributed by atoms with Crippen LogP contribution in [0.4, 0.5) is 5.82 Å². The molecule has 0 spiro atoms. The van der Waals surface area contributed by atoms with Gasteiger partial charge in [0.2, 0.25) is 10.0 Å². The topological polar surface area (TPSA) is 126 Å². The van der Waals surface area contributed by atoms with E-state index in [1.807, 2.05) is 30.3 Å². The average Bonchev–Trinajstić information content (AvgIpc) is 2.98. The van der Waals surface area contributed by atoms with Gasteiger partial charge in [-0.1, -0.05) is 42.5 Å². The van der Waals surface area contributed by atoms with Crippen LogP contribution in [-0.4, -0.2) is 51.0 Å². The molecule has 206 valence electrons. The normalized spacial score (nSPS) is 13.6. The minimum Gasteiger partial charge on any atom is -0.465 e. The van der Waals surface area contributed by atoms with Crippen LogP contribution in [0.3, 0.4) is 0 Å². The number of benzene rings is 3. The van der Waals surface area contributed by atoms with Gasteiger partial charge in [0.05, 0.1) is 17.2 Å². The summed E-state index contributed by atoms with van der Waals surface area (Å²) in [6.45, 7) is 2.34. The van der Waals surface area contributed by atoms with Crippen molar-refractivity contribution in [3.8, 4) is 11.3 Å². The van der Waals surface area contributed by atoms with Crippen LogP contribution in [0.5, 0.6) is 0 Å². The number of pyridine rings is 1. The fourth-order valence-corrected chi connectivity index (χ4v) is 5.81. The Balaban J connectivity index is 1.30. The Labute approximate surface area is 233 Å². The van der Waals surface area contributed by atoms with E-state index in [2.05, 4.69) is 21.4 Å². The van der Waals surface area contributed by atoms with Gasteiger partial charge in [-0.15, -0.1) is 0 Å². The molecule has 5 rings (SSSR count). The smallest absolute Gasteiger partial charge is 0.326 e. The number of ether oxygens (including phenoxy) is 1. The number of carbonyl (C=O) groups is 2. The largest absolute Gasteiger partial charge is 0.465 e. The molecule has 9 nitrogen and oxygen atoms in total. The SMILES string of the molecule is CCOC(=O)C(CNC(=O)c1ccc2cc(-c3ccc4c(n3)NCCC4)ccc2c1)NS(=O)(=O)c1ccccc1. The van der Waals surface area contributed by atoms with Gasteiger partial charge in [-0.3, -0.25) is 9.59 Å². The summed E-state index contributed by atoms with van der Waals surface area (Å²) in [5, 5.41) is 7.83. The minimum absolute atomic E-state index is 0.00590. The molecule has 1 aliphatic heterocycles. The molecule has 3 aromatic carbocycles. The highest BCUT2D eigenvalue weighted by Gasteiger charge is 2.27. The van der Waals surface area contributed by atoms with Crippen molar-refractivity contribution in [2.24, 2.45) is 0 Å². The van der Waals surface area contributed by atoms with E-state index in [0.717, 1.165) is 47.2 Å². The van der Waals surface area contributed by atoms with Gasteiger partial charge in [-0.2, -0.15) is 4.72 Å². The fourth-order valence-electron chi connectivity index (χ4n) is 4.60. The molecule has 0 radical (unpaired) electrons. The van der Waals surface area contributed by atoms with Gasteiger partial charge < -0.3 is 15.4 Å². The number of hydrogen-bond acceptors (Lipinski definition) is 7. The predicted octanol–water partition coefficient (Wildman–Crippen LogP) is 3.90. The van der Waals surface area contributed by atoms with Crippen molar-refractivity contribution in [1.29, 1.82) is 0 Å². The Morgan fingerprint density at radius 2 is 1.77 bits per heavy atom. The first kappa shape index (κ1) is 27.3. The molecule has 0 aliphatic carbocycles. The lowest BCUT2D eigenvalue weighted by Crippen LogP contribution is -2.49. The van der Waals surface area contributed by atoms with Crippen LogP contribution in [0.1, 0.15) is 29.3 Å². The number of esters is 1. The number of carbonyl (C=O) groups excluding carboxylic acids is 2. The number of rotatable bonds is 9. The van der Waals surface area contributed by atoms with Crippen molar-refractivity contribution in [2.75, 3.05) is 25.0 Å².